The number of carboxylic acids is 1. The van der Waals surface area contributed by atoms with E-state index in [1.54, 1.807) is 0 Å². The number of nitrogens with one attached hydrogen (secondary N) is 1. The first kappa shape index (κ1) is 33.6. The summed E-state index contributed by atoms with van der Waals surface area (Å²) in [7, 11) is 0. The molecule has 0 heterocycles. The van der Waals surface area contributed by atoms with Crippen LogP contribution in [0.2, 0.25) is 0 Å². The van der Waals surface area contributed by atoms with E-state index in [1.165, 1.54) is 25.7 Å². The van der Waals surface area contributed by atoms with Crippen LogP contribution in [-0.4, -0.2) is 29.9 Å². The Bertz CT molecular complexity index is 177. The van der Waals surface area contributed by atoms with Gasteiger partial charge < -0.3 is 15.2 Å². The van der Waals surface area contributed by atoms with Gasteiger partial charge in [0, 0.05) is 6.42 Å². The van der Waals surface area contributed by atoms with Crippen molar-refractivity contribution < 1.29 is 14.7 Å². The van der Waals surface area contributed by atoms with Crippen LogP contribution in [0, 0.1) is 0 Å². The van der Waals surface area contributed by atoms with E-state index in [2.05, 4.69) is 60.7 Å². The SMILES string of the molecule is CCC.CCC.CCC.CCC.CCN[C@@H](C=O)CCC(=O)O. The molecule has 0 bridgehead atoms. The van der Waals surface area contributed by atoms with Crippen LogP contribution in [0.25, 0.3) is 0 Å². The van der Waals surface area contributed by atoms with Crippen molar-refractivity contribution in [2.75, 3.05) is 6.54 Å². The molecule has 0 amide bonds. The van der Waals surface area contributed by atoms with Gasteiger partial charge in [-0.1, -0.05) is 88.0 Å². The zero-order valence-corrected chi connectivity index (χ0v) is 17.4. The van der Waals surface area contributed by atoms with Gasteiger partial charge in [0.25, 0.3) is 0 Å². The average Bonchev–Trinajstić information content (AvgIpc) is 2.46. The molecule has 0 aliphatic heterocycles. The molecule has 0 aliphatic rings. The summed E-state index contributed by atoms with van der Waals surface area (Å²) in [5.41, 5.74) is 0. The molecule has 23 heavy (non-hydrogen) atoms. The summed E-state index contributed by atoms with van der Waals surface area (Å²) in [5, 5.41) is 11.1. The normalized spacial score (nSPS) is 9.09. The highest BCUT2D eigenvalue weighted by molar-refractivity contribution is 5.68. The van der Waals surface area contributed by atoms with E-state index in [0.29, 0.717) is 13.0 Å². The van der Waals surface area contributed by atoms with Crippen molar-refractivity contribution in [1.82, 2.24) is 5.32 Å². The molecule has 2 N–H and O–H groups in total. The lowest BCUT2D eigenvalue weighted by Crippen LogP contribution is -2.30. The molecule has 0 saturated carbocycles. The van der Waals surface area contributed by atoms with E-state index in [0.717, 1.165) is 6.29 Å². The van der Waals surface area contributed by atoms with Crippen LogP contribution >= 0.6 is 0 Å². The molecule has 1 atom stereocenters. The van der Waals surface area contributed by atoms with E-state index in [1.807, 2.05) is 6.92 Å². The van der Waals surface area contributed by atoms with E-state index in [-0.39, 0.29) is 12.5 Å². The molecule has 0 rings (SSSR count). The van der Waals surface area contributed by atoms with Gasteiger partial charge in [0.2, 0.25) is 0 Å². The van der Waals surface area contributed by atoms with Crippen molar-refractivity contribution >= 4 is 12.3 Å². The maximum atomic E-state index is 10.3. The third-order valence-electron chi connectivity index (χ3n) is 1.30. The van der Waals surface area contributed by atoms with Gasteiger partial charge in [0.15, 0.2) is 0 Å². The molecule has 144 valence electrons. The van der Waals surface area contributed by atoms with Crippen molar-refractivity contribution in [3.63, 3.8) is 0 Å². The van der Waals surface area contributed by atoms with Gasteiger partial charge in [-0.15, -0.1) is 0 Å². The van der Waals surface area contributed by atoms with E-state index < -0.39 is 5.97 Å². The maximum Gasteiger partial charge on any atom is 0.303 e. The van der Waals surface area contributed by atoms with Gasteiger partial charge in [0.05, 0.1) is 6.04 Å². The quantitative estimate of drug-likeness (QED) is 0.612. The zero-order chi connectivity index (χ0) is 19.5. The Morgan fingerprint density at radius 1 is 0.870 bits per heavy atom. The van der Waals surface area contributed by atoms with Crippen LogP contribution in [0.5, 0.6) is 0 Å². The highest BCUT2D eigenvalue weighted by Gasteiger charge is 2.06. The molecule has 0 saturated heterocycles. The first-order chi connectivity index (χ1) is 10.9. The maximum absolute atomic E-state index is 10.3. The Morgan fingerprint density at radius 2 is 1.17 bits per heavy atom. The number of aliphatic carboxylic acids is 1. The van der Waals surface area contributed by atoms with Crippen molar-refractivity contribution in [2.24, 2.45) is 0 Å². The van der Waals surface area contributed by atoms with Crippen LogP contribution in [0.3, 0.4) is 0 Å². The van der Waals surface area contributed by atoms with E-state index in [4.69, 9.17) is 5.11 Å². The lowest BCUT2D eigenvalue weighted by molar-refractivity contribution is -0.137. The van der Waals surface area contributed by atoms with Gasteiger partial charge in [0.1, 0.15) is 6.29 Å². The number of aldehydes is 1. The summed E-state index contributed by atoms with van der Waals surface area (Å²) in [5.74, 6) is -0.866. The van der Waals surface area contributed by atoms with Gasteiger partial charge in [-0.25, -0.2) is 0 Å². The highest BCUT2D eigenvalue weighted by atomic mass is 16.4. The molecule has 0 aromatic carbocycles. The Kier molecular flexibility index (Phi) is 62.7. The Balaban J connectivity index is -0.0000000740. The molecular weight excluding hydrogens is 290 g/mol. The number of likely N-dealkylation sites (N-methyl/N-ethyl adjacent to an activating group) is 1. The summed E-state index contributed by atoms with van der Waals surface area (Å²) >= 11 is 0. The lowest BCUT2D eigenvalue weighted by Gasteiger charge is -2.07. The van der Waals surface area contributed by atoms with Gasteiger partial charge >= 0.3 is 5.97 Å². The first-order valence-corrected chi connectivity index (χ1v) is 9.26. The lowest BCUT2D eigenvalue weighted by atomic mass is 10.2. The fourth-order valence-electron chi connectivity index (χ4n) is 0.759. The van der Waals surface area contributed by atoms with E-state index in [9.17, 15) is 9.59 Å². The molecule has 0 fully saturated rings. The molecular formula is C19H45NO3. The predicted octanol–water partition coefficient (Wildman–Crippen LogP) is 5.69. The molecule has 0 unspecified atom stereocenters. The molecule has 0 spiro atoms. The first-order valence-electron chi connectivity index (χ1n) is 9.26. The van der Waals surface area contributed by atoms with Crippen molar-refractivity contribution in [3.05, 3.63) is 0 Å². The minimum atomic E-state index is -0.866. The van der Waals surface area contributed by atoms with E-state index >= 15 is 0 Å². The topological polar surface area (TPSA) is 66.4 Å². The Hall–Kier alpha value is -0.900. The van der Waals surface area contributed by atoms with Crippen LogP contribution in [0.1, 0.15) is 101 Å². The average molecular weight is 336 g/mol. The summed E-state index contributed by atoms with van der Waals surface area (Å²) in [4.78, 5) is 20.3. The number of hydrogen-bond acceptors (Lipinski definition) is 3. The minimum absolute atomic E-state index is 0.0381. The third-order valence-corrected chi connectivity index (χ3v) is 1.30. The predicted molar refractivity (Wildman–Crippen MR) is 104 cm³/mol. The number of carbonyl (C=O) groups excluding carboxylic acids is 1. The summed E-state index contributed by atoms with van der Waals surface area (Å²) < 4.78 is 0. The second-order valence-corrected chi connectivity index (χ2v) is 5.06. The van der Waals surface area contributed by atoms with Gasteiger partial charge in [-0.2, -0.15) is 0 Å². The van der Waals surface area contributed by atoms with Crippen molar-refractivity contribution in [2.45, 2.75) is 107 Å². The minimum Gasteiger partial charge on any atom is -0.481 e. The summed E-state index contributed by atoms with van der Waals surface area (Å²) in [6, 6.07) is -0.309. The summed E-state index contributed by atoms with van der Waals surface area (Å²) in [6.07, 6.45) is 6.15. The smallest absolute Gasteiger partial charge is 0.303 e. The van der Waals surface area contributed by atoms with Crippen LogP contribution in [0.15, 0.2) is 0 Å². The fraction of sp³-hybridized carbons (Fsp3) is 0.895. The van der Waals surface area contributed by atoms with Gasteiger partial charge in [-0.3, -0.25) is 4.79 Å². The Morgan fingerprint density at radius 3 is 1.35 bits per heavy atom. The van der Waals surface area contributed by atoms with Crippen LogP contribution in [0.4, 0.5) is 0 Å². The van der Waals surface area contributed by atoms with Crippen molar-refractivity contribution in [1.29, 1.82) is 0 Å². The molecule has 0 aromatic heterocycles. The number of rotatable bonds is 6. The highest BCUT2D eigenvalue weighted by Crippen LogP contribution is 1.93. The molecule has 4 nitrogen and oxygen atoms in total. The number of hydrogen-bond donors (Lipinski definition) is 2. The second kappa shape index (κ2) is 42.9. The molecule has 0 aromatic rings. The Labute approximate surface area is 146 Å². The number of carbonyl (C=O) groups is 2. The second-order valence-electron chi connectivity index (χ2n) is 5.06. The third kappa shape index (κ3) is 93.0. The van der Waals surface area contributed by atoms with Crippen LogP contribution in [-0.2, 0) is 9.59 Å². The molecule has 0 radical (unpaired) electrons. The zero-order valence-electron chi connectivity index (χ0n) is 17.4. The monoisotopic (exact) mass is 335 g/mol. The molecule has 0 aliphatic carbocycles. The van der Waals surface area contributed by atoms with Crippen molar-refractivity contribution in [3.8, 4) is 0 Å². The standard InChI is InChI=1S/C7H13NO3.4C3H8/c1-2-8-6(5-9)3-4-7(10)11;4*1-3-2/h5-6,8H,2-4H2,1H3,(H,10,11);4*3H2,1-2H3/t6-;;;;/m1..../s1. The number of carboxylic acid groups (broad SMARTS) is 1. The van der Waals surface area contributed by atoms with Crippen LogP contribution < -0.4 is 5.32 Å². The largest absolute Gasteiger partial charge is 0.481 e. The molecule has 4 heteroatoms. The van der Waals surface area contributed by atoms with Gasteiger partial charge in [-0.05, 0) is 13.0 Å². The summed E-state index contributed by atoms with van der Waals surface area (Å²) in [6.45, 7) is 19.6. The fourth-order valence-corrected chi connectivity index (χ4v) is 0.759.